The van der Waals surface area contributed by atoms with Crippen molar-refractivity contribution in [2.45, 2.75) is 98.8 Å². The number of aliphatic carboxylic acids is 1. The Bertz CT molecular complexity index is 1310. The molecule has 0 saturated carbocycles. The van der Waals surface area contributed by atoms with E-state index in [4.69, 9.17) is 12.2 Å². The second-order valence-corrected chi connectivity index (χ2v) is 12.4. The SMILES string of the molecule is CC/C=C\C(=C(/CC)NC(C)N(Cc1ccc(C(=CCCC)NCC(NC)C(=O)O)cc1)C(=S)NCCc1ccccc1)C(C)CC. The van der Waals surface area contributed by atoms with Gasteiger partial charge in [-0.3, -0.25) is 4.79 Å². The summed E-state index contributed by atoms with van der Waals surface area (Å²) in [6, 6.07) is 18.3. The van der Waals surface area contributed by atoms with Gasteiger partial charge in [0.15, 0.2) is 5.11 Å². The van der Waals surface area contributed by atoms with Crippen molar-refractivity contribution in [1.82, 2.24) is 26.2 Å². The number of benzene rings is 2. The van der Waals surface area contributed by atoms with Gasteiger partial charge in [-0.1, -0.05) is 114 Å². The summed E-state index contributed by atoms with van der Waals surface area (Å²) in [5.74, 6) is -0.424. The number of hydrogen-bond donors (Lipinski definition) is 5. The van der Waals surface area contributed by atoms with Gasteiger partial charge in [-0.2, -0.15) is 0 Å². The Kier molecular flexibility index (Phi) is 18.6. The minimum Gasteiger partial charge on any atom is -0.480 e. The monoisotopic (exact) mass is 661 g/mol. The summed E-state index contributed by atoms with van der Waals surface area (Å²) in [5, 5.41) is 23.8. The highest BCUT2D eigenvalue weighted by Crippen LogP contribution is 2.23. The summed E-state index contributed by atoms with van der Waals surface area (Å²) in [4.78, 5) is 13.8. The van der Waals surface area contributed by atoms with Crippen molar-refractivity contribution in [3.63, 3.8) is 0 Å². The lowest BCUT2D eigenvalue weighted by molar-refractivity contribution is -0.139. The Balaban J connectivity index is 2.34. The third kappa shape index (κ3) is 13.6. The van der Waals surface area contributed by atoms with Gasteiger partial charge in [-0.25, -0.2) is 0 Å². The zero-order chi connectivity index (χ0) is 34.6. The molecule has 0 aliphatic carbocycles. The summed E-state index contributed by atoms with van der Waals surface area (Å²) < 4.78 is 0. The van der Waals surface area contributed by atoms with E-state index in [1.54, 1.807) is 7.05 Å². The molecular weight excluding hydrogens is 603 g/mol. The number of nitrogens with one attached hydrogen (secondary N) is 4. The van der Waals surface area contributed by atoms with Crippen LogP contribution in [0.1, 0.15) is 90.3 Å². The maximum atomic E-state index is 11.6. The number of likely N-dealkylation sites (N-methyl/N-ethyl adjacent to an activating group) is 1. The van der Waals surface area contributed by atoms with Crippen LogP contribution in [0, 0.1) is 5.92 Å². The maximum Gasteiger partial charge on any atom is 0.322 e. The molecule has 47 heavy (non-hydrogen) atoms. The van der Waals surface area contributed by atoms with Crippen LogP contribution in [0.15, 0.2) is 84.1 Å². The van der Waals surface area contributed by atoms with Crippen molar-refractivity contribution in [2.24, 2.45) is 5.92 Å². The molecule has 258 valence electrons. The van der Waals surface area contributed by atoms with E-state index in [0.717, 1.165) is 61.9 Å². The first-order valence-electron chi connectivity index (χ1n) is 17.4. The first kappa shape index (κ1) is 39.6. The maximum absolute atomic E-state index is 11.6. The molecule has 0 aliphatic rings. The number of nitrogens with zero attached hydrogens (tertiary/aromatic N) is 1. The zero-order valence-electron chi connectivity index (χ0n) is 29.7. The van der Waals surface area contributed by atoms with Crippen molar-refractivity contribution in [2.75, 3.05) is 20.1 Å². The van der Waals surface area contributed by atoms with Gasteiger partial charge >= 0.3 is 5.97 Å². The zero-order valence-corrected chi connectivity index (χ0v) is 30.6. The van der Waals surface area contributed by atoms with Crippen molar-refractivity contribution in [1.29, 1.82) is 0 Å². The molecule has 8 heteroatoms. The molecule has 2 rings (SSSR count). The molecule has 7 nitrogen and oxygen atoms in total. The molecule has 3 atom stereocenters. The minimum absolute atomic E-state index is 0.0494. The topological polar surface area (TPSA) is 88.7 Å². The van der Waals surface area contributed by atoms with Crippen LogP contribution in [0.5, 0.6) is 0 Å². The van der Waals surface area contributed by atoms with E-state index in [-0.39, 0.29) is 6.17 Å². The predicted octanol–water partition coefficient (Wildman–Crippen LogP) is 7.62. The Morgan fingerprint density at radius 3 is 2.26 bits per heavy atom. The molecule has 0 aliphatic heterocycles. The number of unbranched alkanes of at least 4 members (excludes halogenated alkanes) is 1. The minimum atomic E-state index is -0.875. The molecule has 0 heterocycles. The van der Waals surface area contributed by atoms with Crippen LogP contribution in [-0.4, -0.2) is 53.4 Å². The predicted molar refractivity (Wildman–Crippen MR) is 203 cm³/mol. The van der Waals surface area contributed by atoms with E-state index in [2.05, 4.69) is 134 Å². The van der Waals surface area contributed by atoms with E-state index in [1.165, 1.54) is 16.8 Å². The summed E-state index contributed by atoms with van der Waals surface area (Å²) in [6.07, 6.45) is 12.4. The Morgan fingerprint density at radius 1 is 0.979 bits per heavy atom. The molecule has 0 bridgehead atoms. The molecular formula is C39H59N5O2S. The van der Waals surface area contributed by atoms with Gasteiger partial charge in [0.2, 0.25) is 0 Å². The van der Waals surface area contributed by atoms with Gasteiger partial charge in [0.25, 0.3) is 0 Å². The van der Waals surface area contributed by atoms with Crippen LogP contribution in [0.4, 0.5) is 0 Å². The second kappa shape index (κ2) is 22.0. The van der Waals surface area contributed by atoms with Gasteiger partial charge in [0.1, 0.15) is 6.04 Å². The van der Waals surface area contributed by atoms with Crippen LogP contribution >= 0.6 is 12.2 Å². The molecule has 2 aromatic rings. The van der Waals surface area contributed by atoms with E-state index >= 15 is 0 Å². The summed E-state index contributed by atoms with van der Waals surface area (Å²) in [6.45, 7) is 14.9. The number of rotatable bonds is 21. The fourth-order valence-electron chi connectivity index (χ4n) is 5.28. The standard InChI is InChI=1S/C39H59N5O2S/c1-8-12-19-34(29(5)10-3)35(11-4)43-30(6)44(39(47)41-26-25-31-17-15-14-16-18-31)28-32-21-23-33(24-22-32)36(20-13-9-2)42-27-37(40-7)38(45)46/h12,14-24,29-30,37,40,42-43H,8-11,13,25-28H2,1-7H3,(H,41,47)(H,45,46)/b19-12-,35-34-,36-20?. The van der Waals surface area contributed by atoms with E-state index < -0.39 is 12.0 Å². The Labute approximate surface area is 290 Å². The molecule has 0 aromatic heterocycles. The second-order valence-electron chi connectivity index (χ2n) is 12.0. The molecule has 0 fully saturated rings. The normalized spacial score (nSPS) is 14.2. The van der Waals surface area contributed by atoms with Crippen LogP contribution in [0.3, 0.4) is 0 Å². The molecule has 2 aromatic carbocycles. The summed E-state index contributed by atoms with van der Waals surface area (Å²) in [7, 11) is 1.67. The lowest BCUT2D eigenvalue weighted by atomic mass is 9.94. The van der Waals surface area contributed by atoms with Crippen LogP contribution in [-0.2, 0) is 17.8 Å². The van der Waals surface area contributed by atoms with Crippen molar-refractivity contribution < 1.29 is 9.90 Å². The first-order valence-corrected chi connectivity index (χ1v) is 17.8. The lowest BCUT2D eigenvalue weighted by Crippen LogP contribution is -2.50. The van der Waals surface area contributed by atoms with Crippen LogP contribution < -0.4 is 21.3 Å². The average Bonchev–Trinajstić information content (AvgIpc) is 3.08. The Morgan fingerprint density at radius 2 is 1.68 bits per heavy atom. The van der Waals surface area contributed by atoms with Gasteiger partial charge < -0.3 is 31.3 Å². The van der Waals surface area contributed by atoms with Crippen molar-refractivity contribution >= 4 is 29.0 Å². The third-order valence-corrected chi connectivity index (χ3v) is 8.80. The highest BCUT2D eigenvalue weighted by Gasteiger charge is 2.20. The summed E-state index contributed by atoms with van der Waals surface area (Å²) >= 11 is 6.04. The third-order valence-electron chi connectivity index (χ3n) is 8.42. The van der Waals surface area contributed by atoms with E-state index in [1.807, 2.05) is 6.07 Å². The molecule has 0 radical (unpaired) electrons. The van der Waals surface area contributed by atoms with Crippen molar-refractivity contribution in [3.05, 3.63) is 101 Å². The molecule has 0 spiro atoms. The average molecular weight is 662 g/mol. The van der Waals surface area contributed by atoms with Gasteiger partial charge in [0, 0.05) is 31.0 Å². The number of hydrogen-bond acceptors (Lipinski definition) is 5. The molecule has 0 amide bonds. The quantitative estimate of drug-likeness (QED) is 0.0531. The highest BCUT2D eigenvalue weighted by atomic mass is 32.1. The summed E-state index contributed by atoms with van der Waals surface area (Å²) in [5.41, 5.74) is 7.00. The lowest BCUT2D eigenvalue weighted by Gasteiger charge is -2.34. The van der Waals surface area contributed by atoms with E-state index in [9.17, 15) is 9.90 Å². The van der Waals surface area contributed by atoms with Crippen molar-refractivity contribution in [3.8, 4) is 0 Å². The van der Waals surface area contributed by atoms with Gasteiger partial charge in [0.05, 0.1) is 6.17 Å². The van der Waals surface area contributed by atoms with Crippen LogP contribution in [0.2, 0.25) is 0 Å². The van der Waals surface area contributed by atoms with E-state index in [0.29, 0.717) is 24.1 Å². The fraction of sp³-hybridized carbons (Fsp3) is 0.487. The molecule has 5 N–H and O–H groups in total. The fourth-order valence-corrected chi connectivity index (χ4v) is 5.61. The van der Waals surface area contributed by atoms with Gasteiger partial charge in [-0.15, -0.1) is 0 Å². The van der Waals surface area contributed by atoms with Crippen LogP contribution in [0.25, 0.3) is 5.70 Å². The number of allylic oxidation sites excluding steroid dienone is 5. The molecule has 0 saturated heterocycles. The first-order chi connectivity index (χ1) is 22.7. The van der Waals surface area contributed by atoms with Gasteiger partial charge in [-0.05, 0) is 86.5 Å². The number of carboxylic acid groups (broad SMARTS) is 1. The molecule has 3 unspecified atom stereocenters. The number of carboxylic acids is 1. The number of thiocarbonyl (C=S) groups is 1. The Hall–Kier alpha value is -3.62. The number of carbonyl (C=O) groups is 1. The largest absolute Gasteiger partial charge is 0.480 e. The smallest absolute Gasteiger partial charge is 0.322 e. The highest BCUT2D eigenvalue weighted by molar-refractivity contribution is 7.80.